The fourth-order valence-corrected chi connectivity index (χ4v) is 1.78. The first-order valence-corrected chi connectivity index (χ1v) is 6.92. The van der Waals surface area contributed by atoms with Gasteiger partial charge in [-0.25, -0.2) is 4.98 Å². The van der Waals surface area contributed by atoms with Crippen molar-refractivity contribution in [1.82, 2.24) is 25.0 Å². The van der Waals surface area contributed by atoms with Crippen LogP contribution in [0.1, 0.15) is 29.8 Å². The molecule has 0 aliphatic heterocycles. The van der Waals surface area contributed by atoms with Crippen molar-refractivity contribution in [3.05, 3.63) is 11.6 Å². The first kappa shape index (κ1) is 16.6. The molecule has 0 saturated heterocycles. The first-order valence-electron chi connectivity index (χ1n) is 6.92. The molecule has 1 N–H and O–H groups in total. The number of hydrogen-bond donors (Lipinski definition) is 1. The molecule has 0 radical (unpaired) electrons. The lowest BCUT2D eigenvalue weighted by Crippen LogP contribution is -2.36. The minimum absolute atomic E-state index is 0.142. The smallest absolute Gasteiger partial charge is 0.293 e. The third-order valence-corrected chi connectivity index (χ3v) is 2.94. The molecule has 7 heteroatoms. The average Bonchev–Trinajstić information content (AvgIpc) is 2.90. The summed E-state index contributed by atoms with van der Waals surface area (Å²) >= 11 is 0. The van der Waals surface area contributed by atoms with E-state index in [0.29, 0.717) is 19.7 Å². The van der Waals surface area contributed by atoms with Gasteiger partial charge in [-0.05, 0) is 27.1 Å². The molecule has 0 aromatic carbocycles. The highest BCUT2D eigenvalue weighted by molar-refractivity contribution is 5.90. The van der Waals surface area contributed by atoms with Crippen molar-refractivity contribution in [2.45, 2.75) is 19.8 Å². The van der Waals surface area contributed by atoms with E-state index in [1.54, 1.807) is 12.0 Å². The Bertz CT molecular complexity index is 405. The average molecular weight is 283 g/mol. The zero-order valence-corrected chi connectivity index (χ0v) is 12.8. The topological polar surface area (TPSA) is 74.3 Å². The molecule has 0 atom stereocenters. The highest BCUT2D eigenvalue weighted by atomic mass is 16.5. The van der Waals surface area contributed by atoms with Crippen LogP contribution in [0, 0.1) is 0 Å². The van der Waals surface area contributed by atoms with Gasteiger partial charge < -0.3 is 14.5 Å². The van der Waals surface area contributed by atoms with E-state index in [1.807, 2.05) is 21.0 Å². The summed E-state index contributed by atoms with van der Waals surface area (Å²) in [5.41, 5.74) is 0. The van der Waals surface area contributed by atoms with Crippen molar-refractivity contribution in [2.24, 2.45) is 0 Å². The predicted molar refractivity (Wildman–Crippen MR) is 76.7 cm³/mol. The van der Waals surface area contributed by atoms with E-state index in [1.165, 1.54) is 0 Å². The fourth-order valence-electron chi connectivity index (χ4n) is 1.78. The lowest BCUT2D eigenvalue weighted by molar-refractivity contribution is 0.0677. The molecule has 1 rings (SSSR count). The lowest BCUT2D eigenvalue weighted by Gasteiger charge is -2.21. The van der Waals surface area contributed by atoms with Crippen LogP contribution in [0.3, 0.4) is 0 Å². The largest absolute Gasteiger partial charge is 0.383 e. The van der Waals surface area contributed by atoms with E-state index in [2.05, 4.69) is 20.1 Å². The second-order valence-corrected chi connectivity index (χ2v) is 4.90. The molecule has 0 spiro atoms. The number of aromatic amines is 1. The van der Waals surface area contributed by atoms with Crippen LogP contribution in [0.15, 0.2) is 0 Å². The molecule has 0 fully saturated rings. The van der Waals surface area contributed by atoms with Gasteiger partial charge in [-0.3, -0.25) is 9.89 Å². The van der Waals surface area contributed by atoms with Crippen LogP contribution < -0.4 is 0 Å². The van der Waals surface area contributed by atoms with E-state index in [9.17, 15) is 4.79 Å². The minimum Gasteiger partial charge on any atom is -0.383 e. The number of methoxy groups -OCH3 is 1. The molecule has 0 saturated carbocycles. The van der Waals surface area contributed by atoms with Crippen LogP contribution in [0.5, 0.6) is 0 Å². The standard InChI is InChI=1S/C13H25N5O2/c1-5-11-14-12(16-15-11)13(19)18(9-10-20-4)8-6-7-17(2)3/h5-10H2,1-4H3,(H,14,15,16). The molecule has 0 bridgehead atoms. The van der Waals surface area contributed by atoms with Gasteiger partial charge in [0, 0.05) is 26.6 Å². The van der Waals surface area contributed by atoms with Gasteiger partial charge in [0.2, 0.25) is 5.82 Å². The first-order chi connectivity index (χ1) is 9.58. The molecule has 114 valence electrons. The molecule has 20 heavy (non-hydrogen) atoms. The summed E-state index contributed by atoms with van der Waals surface area (Å²) in [5, 5.41) is 6.75. The second-order valence-electron chi connectivity index (χ2n) is 4.90. The molecule has 0 unspecified atom stereocenters. The number of nitrogens with zero attached hydrogens (tertiary/aromatic N) is 4. The Morgan fingerprint density at radius 1 is 1.30 bits per heavy atom. The quantitative estimate of drug-likeness (QED) is 0.710. The van der Waals surface area contributed by atoms with Crippen LogP contribution in [-0.4, -0.2) is 78.3 Å². The number of carbonyl (C=O) groups excluding carboxylic acids is 1. The Morgan fingerprint density at radius 2 is 2.05 bits per heavy atom. The molecule has 0 aliphatic rings. The Hall–Kier alpha value is -1.47. The number of aryl methyl sites for hydroxylation is 1. The molecule has 7 nitrogen and oxygen atoms in total. The van der Waals surface area contributed by atoms with E-state index >= 15 is 0 Å². The number of hydrogen-bond acceptors (Lipinski definition) is 5. The normalized spacial score (nSPS) is 11.1. The van der Waals surface area contributed by atoms with Gasteiger partial charge in [0.15, 0.2) is 0 Å². The summed E-state index contributed by atoms with van der Waals surface area (Å²) in [6.07, 6.45) is 1.65. The Morgan fingerprint density at radius 3 is 2.60 bits per heavy atom. The molecular weight excluding hydrogens is 258 g/mol. The van der Waals surface area contributed by atoms with Gasteiger partial charge in [0.25, 0.3) is 5.91 Å². The third kappa shape index (κ3) is 5.26. The molecule has 1 aromatic rings. The van der Waals surface area contributed by atoms with Crippen molar-refractivity contribution in [3.63, 3.8) is 0 Å². The zero-order valence-electron chi connectivity index (χ0n) is 12.8. The van der Waals surface area contributed by atoms with E-state index in [4.69, 9.17) is 4.74 Å². The summed E-state index contributed by atoms with van der Waals surface area (Å²) in [6.45, 7) is 4.65. The van der Waals surface area contributed by atoms with Crippen LogP contribution in [-0.2, 0) is 11.2 Å². The number of carbonyl (C=O) groups is 1. The maximum Gasteiger partial charge on any atom is 0.293 e. The van der Waals surface area contributed by atoms with Gasteiger partial charge >= 0.3 is 0 Å². The van der Waals surface area contributed by atoms with E-state index in [0.717, 1.165) is 25.2 Å². The van der Waals surface area contributed by atoms with Gasteiger partial charge in [-0.15, -0.1) is 5.10 Å². The maximum atomic E-state index is 12.4. The van der Waals surface area contributed by atoms with Crippen molar-refractivity contribution >= 4 is 5.91 Å². The Kier molecular flexibility index (Phi) is 7.17. The third-order valence-electron chi connectivity index (χ3n) is 2.94. The van der Waals surface area contributed by atoms with Crippen molar-refractivity contribution in [2.75, 3.05) is 47.4 Å². The Labute approximate surface area is 120 Å². The SMILES string of the molecule is CCc1nc(C(=O)N(CCCN(C)C)CCOC)n[nH]1. The summed E-state index contributed by atoms with van der Waals surface area (Å²) < 4.78 is 5.06. The van der Waals surface area contributed by atoms with Crippen LogP contribution in [0.4, 0.5) is 0 Å². The minimum atomic E-state index is -0.142. The van der Waals surface area contributed by atoms with Gasteiger partial charge in [0.1, 0.15) is 5.82 Å². The molecule has 1 amide bonds. The summed E-state index contributed by atoms with van der Waals surface area (Å²) in [6, 6.07) is 0. The van der Waals surface area contributed by atoms with Crippen molar-refractivity contribution < 1.29 is 9.53 Å². The fraction of sp³-hybridized carbons (Fsp3) is 0.769. The zero-order chi connectivity index (χ0) is 15.0. The molecular formula is C13H25N5O2. The van der Waals surface area contributed by atoms with Crippen LogP contribution >= 0.6 is 0 Å². The number of aromatic nitrogens is 3. The maximum absolute atomic E-state index is 12.4. The summed E-state index contributed by atoms with van der Waals surface area (Å²) in [5.74, 6) is 0.827. The number of nitrogens with one attached hydrogen (secondary N) is 1. The van der Waals surface area contributed by atoms with Gasteiger partial charge in [-0.1, -0.05) is 6.92 Å². The lowest BCUT2D eigenvalue weighted by atomic mass is 10.3. The highest BCUT2D eigenvalue weighted by Crippen LogP contribution is 2.02. The van der Waals surface area contributed by atoms with E-state index < -0.39 is 0 Å². The number of rotatable bonds is 9. The summed E-state index contributed by atoms with van der Waals surface area (Å²) in [7, 11) is 5.67. The summed E-state index contributed by atoms with van der Waals surface area (Å²) in [4.78, 5) is 20.4. The monoisotopic (exact) mass is 283 g/mol. The van der Waals surface area contributed by atoms with E-state index in [-0.39, 0.29) is 11.7 Å². The highest BCUT2D eigenvalue weighted by Gasteiger charge is 2.19. The number of H-pyrrole nitrogens is 1. The van der Waals surface area contributed by atoms with Gasteiger partial charge in [0.05, 0.1) is 6.61 Å². The van der Waals surface area contributed by atoms with Crippen molar-refractivity contribution in [1.29, 1.82) is 0 Å². The van der Waals surface area contributed by atoms with Crippen LogP contribution in [0.2, 0.25) is 0 Å². The molecule has 1 aromatic heterocycles. The predicted octanol–water partition coefficient (Wildman–Crippen LogP) is 0.407. The van der Waals surface area contributed by atoms with Gasteiger partial charge in [-0.2, -0.15) is 0 Å². The Balaban J connectivity index is 2.62. The number of amides is 1. The molecule has 1 heterocycles. The number of ether oxygens (including phenoxy) is 1. The molecule has 0 aliphatic carbocycles. The van der Waals surface area contributed by atoms with Crippen LogP contribution in [0.25, 0.3) is 0 Å². The van der Waals surface area contributed by atoms with Crippen molar-refractivity contribution in [3.8, 4) is 0 Å². The second kappa shape index (κ2) is 8.65.